The molecular weight excluding hydrogens is 378 g/mol. The number of carbonyl (C=O) groups excluding carboxylic acids is 1. The van der Waals surface area contributed by atoms with Gasteiger partial charge in [0.05, 0.1) is 12.2 Å². The first-order valence-electron chi connectivity index (χ1n) is 7.35. The molecule has 0 spiro atoms. The summed E-state index contributed by atoms with van der Waals surface area (Å²) in [4.78, 5) is 11.8. The number of nitrogens with one attached hydrogen (secondary N) is 1. The van der Waals surface area contributed by atoms with Crippen molar-refractivity contribution in [3.8, 4) is 0 Å². The average molecular weight is 399 g/mol. The largest absolute Gasteiger partial charge is 0.462 e. The molecule has 0 unspecified atom stereocenters. The monoisotopic (exact) mass is 397 g/mol. The second-order valence-corrected chi connectivity index (χ2v) is 5.99. The highest BCUT2D eigenvalue weighted by Gasteiger charge is 2.10. The second kappa shape index (κ2) is 9.71. The van der Waals surface area contributed by atoms with Crippen molar-refractivity contribution in [3.05, 3.63) is 69.7 Å². The van der Waals surface area contributed by atoms with E-state index in [0.29, 0.717) is 12.2 Å². The molecule has 23 heavy (non-hydrogen) atoms. The van der Waals surface area contributed by atoms with E-state index in [1.54, 1.807) is 6.07 Å². The number of hydrogen-bond donors (Lipinski definition) is 1. The van der Waals surface area contributed by atoms with Crippen LogP contribution in [-0.2, 0) is 11.3 Å². The molecule has 2 rings (SSSR count). The maximum Gasteiger partial charge on any atom is 0.338 e. The van der Waals surface area contributed by atoms with Crippen LogP contribution in [0.3, 0.4) is 0 Å². The topological polar surface area (TPSA) is 38.3 Å². The van der Waals surface area contributed by atoms with Crippen molar-refractivity contribution < 1.29 is 9.53 Å². The first-order chi connectivity index (χ1) is 10.6. The lowest BCUT2D eigenvalue weighted by Gasteiger charge is -2.15. The summed E-state index contributed by atoms with van der Waals surface area (Å²) in [5, 5.41) is 3.47. The van der Waals surface area contributed by atoms with Gasteiger partial charge in [-0.3, -0.25) is 0 Å². The quantitative estimate of drug-likeness (QED) is 0.703. The molecular formula is C18H21BrClNO2. The van der Waals surface area contributed by atoms with Crippen molar-refractivity contribution in [2.24, 2.45) is 0 Å². The Morgan fingerprint density at radius 1 is 1.22 bits per heavy atom. The summed E-state index contributed by atoms with van der Waals surface area (Å²) in [7, 11) is 0. The van der Waals surface area contributed by atoms with E-state index in [9.17, 15) is 4.79 Å². The Balaban J connectivity index is 0.00000264. The lowest BCUT2D eigenvalue weighted by Crippen LogP contribution is -2.18. The molecule has 0 fully saturated rings. The van der Waals surface area contributed by atoms with Crippen LogP contribution < -0.4 is 5.32 Å². The third-order valence-corrected chi connectivity index (χ3v) is 3.95. The van der Waals surface area contributed by atoms with Crippen LogP contribution in [0.1, 0.15) is 41.4 Å². The standard InChI is InChI=1S/C18H20BrNO2.ClH/c1-3-22-18(21)16-6-4-5-15(11-16)13(2)20-12-14-7-9-17(19)10-8-14;/h4-11,13,20H,3,12H2,1-2H3;1H/t13-;/m0./s1. The number of esters is 1. The van der Waals surface area contributed by atoms with Gasteiger partial charge < -0.3 is 10.1 Å². The highest BCUT2D eigenvalue weighted by Crippen LogP contribution is 2.16. The van der Waals surface area contributed by atoms with Crippen molar-refractivity contribution in [2.75, 3.05) is 6.61 Å². The molecule has 0 aliphatic carbocycles. The smallest absolute Gasteiger partial charge is 0.338 e. The fraction of sp³-hybridized carbons (Fsp3) is 0.278. The average Bonchev–Trinajstić information content (AvgIpc) is 2.54. The Hall–Kier alpha value is -1.36. The molecule has 1 atom stereocenters. The molecule has 1 N–H and O–H groups in total. The van der Waals surface area contributed by atoms with Gasteiger partial charge in [-0.25, -0.2) is 4.79 Å². The molecule has 0 amide bonds. The highest BCUT2D eigenvalue weighted by molar-refractivity contribution is 9.10. The summed E-state index contributed by atoms with van der Waals surface area (Å²) < 4.78 is 6.11. The molecule has 5 heteroatoms. The summed E-state index contributed by atoms with van der Waals surface area (Å²) in [5.74, 6) is -0.274. The van der Waals surface area contributed by atoms with E-state index < -0.39 is 0 Å². The molecule has 0 aromatic heterocycles. The van der Waals surface area contributed by atoms with E-state index in [2.05, 4.69) is 40.3 Å². The zero-order chi connectivity index (χ0) is 15.9. The highest BCUT2D eigenvalue weighted by atomic mass is 79.9. The Labute approximate surface area is 152 Å². The molecule has 2 aromatic carbocycles. The van der Waals surface area contributed by atoms with Crippen molar-refractivity contribution in [2.45, 2.75) is 26.4 Å². The fourth-order valence-corrected chi connectivity index (χ4v) is 2.40. The molecule has 0 bridgehead atoms. The second-order valence-electron chi connectivity index (χ2n) is 5.07. The molecule has 124 valence electrons. The number of hydrogen-bond acceptors (Lipinski definition) is 3. The first kappa shape index (κ1) is 19.7. The van der Waals surface area contributed by atoms with Gasteiger partial charge in [-0.05, 0) is 49.2 Å². The Kier molecular flexibility index (Phi) is 8.31. The van der Waals surface area contributed by atoms with Gasteiger partial charge in [0.2, 0.25) is 0 Å². The molecule has 0 heterocycles. The molecule has 0 saturated carbocycles. The van der Waals surface area contributed by atoms with Gasteiger partial charge in [0.15, 0.2) is 0 Å². The zero-order valence-electron chi connectivity index (χ0n) is 13.2. The van der Waals surface area contributed by atoms with Crippen LogP contribution in [0, 0.1) is 0 Å². The number of rotatable bonds is 6. The predicted octanol–water partition coefficient (Wildman–Crippen LogP) is 4.90. The van der Waals surface area contributed by atoms with Gasteiger partial charge in [0, 0.05) is 17.1 Å². The van der Waals surface area contributed by atoms with Crippen molar-refractivity contribution in [1.29, 1.82) is 0 Å². The molecule has 0 saturated heterocycles. The molecule has 2 aromatic rings. The predicted molar refractivity (Wildman–Crippen MR) is 99.0 cm³/mol. The van der Waals surface area contributed by atoms with Crippen LogP contribution in [-0.4, -0.2) is 12.6 Å². The van der Waals surface area contributed by atoms with E-state index in [1.807, 2.05) is 37.3 Å². The Morgan fingerprint density at radius 2 is 1.91 bits per heavy atom. The van der Waals surface area contributed by atoms with Crippen LogP contribution in [0.15, 0.2) is 53.0 Å². The molecule has 0 aliphatic rings. The van der Waals surface area contributed by atoms with E-state index >= 15 is 0 Å². The van der Waals surface area contributed by atoms with Crippen molar-refractivity contribution >= 4 is 34.3 Å². The van der Waals surface area contributed by atoms with Crippen LogP contribution in [0.25, 0.3) is 0 Å². The SMILES string of the molecule is CCOC(=O)c1cccc([C@H](C)NCc2ccc(Br)cc2)c1.Cl. The van der Waals surface area contributed by atoms with E-state index in [0.717, 1.165) is 16.6 Å². The maximum absolute atomic E-state index is 11.8. The summed E-state index contributed by atoms with van der Waals surface area (Å²) in [6, 6.07) is 15.9. The lowest BCUT2D eigenvalue weighted by molar-refractivity contribution is 0.0526. The molecule has 0 radical (unpaired) electrons. The van der Waals surface area contributed by atoms with E-state index in [1.165, 1.54) is 5.56 Å². The zero-order valence-corrected chi connectivity index (χ0v) is 15.6. The normalized spacial score (nSPS) is 11.4. The van der Waals surface area contributed by atoms with Crippen LogP contribution in [0.2, 0.25) is 0 Å². The minimum atomic E-state index is -0.274. The van der Waals surface area contributed by atoms with Gasteiger partial charge in [-0.15, -0.1) is 12.4 Å². The summed E-state index contributed by atoms with van der Waals surface area (Å²) in [6.07, 6.45) is 0. The third-order valence-electron chi connectivity index (χ3n) is 3.42. The van der Waals surface area contributed by atoms with Gasteiger partial charge >= 0.3 is 5.97 Å². The summed E-state index contributed by atoms with van der Waals surface area (Å²) >= 11 is 3.43. The minimum Gasteiger partial charge on any atom is -0.462 e. The van der Waals surface area contributed by atoms with Gasteiger partial charge in [0.25, 0.3) is 0 Å². The molecule has 3 nitrogen and oxygen atoms in total. The van der Waals surface area contributed by atoms with Crippen molar-refractivity contribution in [3.63, 3.8) is 0 Å². The molecule has 0 aliphatic heterocycles. The number of halogens is 2. The van der Waals surface area contributed by atoms with Gasteiger partial charge in [-0.1, -0.05) is 40.2 Å². The Bertz CT molecular complexity index is 631. The first-order valence-corrected chi connectivity index (χ1v) is 8.14. The van der Waals surface area contributed by atoms with Crippen molar-refractivity contribution in [1.82, 2.24) is 5.32 Å². The van der Waals surface area contributed by atoms with E-state index in [4.69, 9.17) is 4.74 Å². The summed E-state index contributed by atoms with van der Waals surface area (Å²) in [5.41, 5.74) is 2.89. The van der Waals surface area contributed by atoms with Crippen LogP contribution in [0.4, 0.5) is 0 Å². The number of ether oxygens (including phenoxy) is 1. The van der Waals surface area contributed by atoms with E-state index in [-0.39, 0.29) is 24.4 Å². The summed E-state index contributed by atoms with van der Waals surface area (Å²) in [6.45, 7) is 5.06. The lowest BCUT2D eigenvalue weighted by atomic mass is 10.0. The maximum atomic E-state index is 11.8. The minimum absolute atomic E-state index is 0. The van der Waals surface area contributed by atoms with Crippen LogP contribution in [0.5, 0.6) is 0 Å². The number of carbonyl (C=O) groups is 1. The number of benzene rings is 2. The van der Waals surface area contributed by atoms with Crippen LogP contribution >= 0.6 is 28.3 Å². The third kappa shape index (κ3) is 5.98. The fourth-order valence-electron chi connectivity index (χ4n) is 2.14. The Morgan fingerprint density at radius 3 is 2.57 bits per heavy atom. The van der Waals surface area contributed by atoms with Gasteiger partial charge in [-0.2, -0.15) is 0 Å². The van der Waals surface area contributed by atoms with Gasteiger partial charge in [0.1, 0.15) is 0 Å².